The zero-order chi connectivity index (χ0) is 15.1. The number of hydrogen-bond donors (Lipinski definition) is 3. The Bertz CT molecular complexity index is 524. The van der Waals surface area contributed by atoms with Gasteiger partial charge in [-0.3, -0.25) is 4.79 Å². The van der Waals surface area contributed by atoms with Crippen LogP contribution in [-0.2, 0) is 14.3 Å². The molecule has 1 rings (SSSR count). The van der Waals surface area contributed by atoms with Gasteiger partial charge in [0.1, 0.15) is 6.04 Å². The molecule has 0 saturated heterocycles. The molecule has 6 heteroatoms. The van der Waals surface area contributed by atoms with Crippen LogP contribution in [0.15, 0.2) is 24.3 Å². The van der Waals surface area contributed by atoms with E-state index in [-0.39, 0.29) is 18.1 Å². The van der Waals surface area contributed by atoms with E-state index in [0.717, 1.165) is 0 Å². The fourth-order valence-corrected chi connectivity index (χ4v) is 1.40. The lowest BCUT2D eigenvalue weighted by Gasteiger charge is -2.10. The van der Waals surface area contributed by atoms with Crippen molar-refractivity contribution < 1.29 is 24.5 Å². The number of benzene rings is 1. The van der Waals surface area contributed by atoms with Crippen molar-refractivity contribution in [1.82, 2.24) is 5.32 Å². The van der Waals surface area contributed by atoms with Crippen LogP contribution in [0.1, 0.15) is 19.4 Å². The second-order valence-electron chi connectivity index (χ2n) is 4.06. The summed E-state index contributed by atoms with van der Waals surface area (Å²) >= 11 is 0. The lowest BCUT2D eigenvalue weighted by Crippen LogP contribution is -2.38. The number of phenolic OH excluding ortho intramolecular Hbond substituents is 2. The predicted octanol–water partition coefficient (Wildman–Crippen LogP) is 1.18. The molecule has 108 valence electrons. The van der Waals surface area contributed by atoms with E-state index in [2.05, 4.69) is 5.32 Å². The van der Waals surface area contributed by atoms with Gasteiger partial charge >= 0.3 is 5.97 Å². The number of phenols is 2. The lowest BCUT2D eigenvalue weighted by atomic mass is 10.2. The number of nitrogens with one attached hydrogen (secondary N) is 1. The van der Waals surface area contributed by atoms with Crippen molar-refractivity contribution in [3.05, 3.63) is 29.8 Å². The maximum atomic E-state index is 11.6. The van der Waals surface area contributed by atoms with E-state index in [1.54, 1.807) is 6.92 Å². The van der Waals surface area contributed by atoms with E-state index in [1.807, 2.05) is 0 Å². The third-order valence-electron chi connectivity index (χ3n) is 2.43. The summed E-state index contributed by atoms with van der Waals surface area (Å²) in [6, 6.07) is 3.43. The first kappa shape index (κ1) is 15.6. The van der Waals surface area contributed by atoms with Crippen LogP contribution in [0, 0.1) is 0 Å². The average Bonchev–Trinajstić information content (AvgIpc) is 2.40. The van der Waals surface area contributed by atoms with Gasteiger partial charge in [-0.25, -0.2) is 4.79 Å². The lowest BCUT2D eigenvalue weighted by molar-refractivity contribution is -0.146. The quantitative estimate of drug-likeness (QED) is 0.427. The Hall–Kier alpha value is -2.50. The highest BCUT2D eigenvalue weighted by atomic mass is 16.5. The Labute approximate surface area is 116 Å². The highest BCUT2D eigenvalue weighted by Crippen LogP contribution is 2.25. The zero-order valence-electron chi connectivity index (χ0n) is 11.3. The summed E-state index contributed by atoms with van der Waals surface area (Å²) in [5.74, 6) is -1.47. The summed E-state index contributed by atoms with van der Waals surface area (Å²) in [4.78, 5) is 22.9. The minimum atomic E-state index is -0.736. The molecule has 0 spiro atoms. The van der Waals surface area contributed by atoms with Crippen molar-refractivity contribution in [2.75, 3.05) is 6.61 Å². The van der Waals surface area contributed by atoms with Crippen molar-refractivity contribution >= 4 is 18.0 Å². The SMILES string of the molecule is CCOC(=O)[C@H](C)NC(=O)/C=C/c1ccc(O)c(O)c1. The molecule has 0 aromatic heterocycles. The molecule has 0 aliphatic heterocycles. The van der Waals surface area contributed by atoms with Crippen molar-refractivity contribution in [2.24, 2.45) is 0 Å². The molecule has 0 fully saturated rings. The molecular formula is C14H17NO5. The molecule has 1 amide bonds. The fraction of sp³-hybridized carbons (Fsp3) is 0.286. The second kappa shape index (κ2) is 7.18. The molecule has 0 bridgehead atoms. The molecule has 6 nitrogen and oxygen atoms in total. The fourth-order valence-electron chi connectivity index (χ4n) is 1.40. The standard InChI is InChI=1S/C14H17NO5/c1-3-20-14(19)9(2)15-13(18)7-5-10-4-6-11(16)12(17)8-10/h4-9,16-17H,3H2,1-2H3,(H,15,18)/b7-5+/t9-/m0/s1. The summed E-state index contributed by atoms with van der Waals surface area (Å²) in [6.45, 7) is 3.46. The molecule has 0 unspecified atom stereocenters. The molecule has 0 radical (unpaired) electrons. The highest BCUT2D eigenvalue weighted by Gasteiger charge is 2.14. The van der Waals surface area contributed by atoms with Crippen LogP contribution in [0.3, 0.4) is 0 Å². The molecule has 0 aliphatic carbocycles. The third kappa shape index (κ3) is 4.64. The van der Waals surface area contributed by atoms with Gasteiger partial charge in [-0.15, -0.1) is 0 Å². The van der Waals surface area contributed by atoms with Gasteiger partial charge in [-0.2, -0.15) is 0 Å². The molecule has 0 aliphatic rings. The van der Waals surface area contributed by atoms with Crippen LogP contribution in [0.5, 0.6) is 11.5 Å². The maximum absolute atomic E-state index is 11.6. The van der Waals surface area contributed by atoms with Crippen LogP contribution < -0.4 is 5.32 Å². The summed E-state index contributed by atoms with van der Waals surface area (Å²) in [7, 11) is 0. The monoisotopic (exact) mass is 279 g/mol. The number of aromatic hydroxyl groups is 2. The molecule has 1 aromatic carbocycles. The van der Waals surface area contributed by atoms with Crippen molar-refractivity contribution in [2.45, 2.75) is 19.9 Å². The molecule has 0 saturated carbocycles. The van der Waals surface area contributed by atoms with Crippen LogP contribution in [0.4, 0.5) is 0 Å². The number of rotatable bonds is 5. The normalized spacial score (nSPS) is 12.1. The summed E-state index contributed by atoms with van der Waals surface area (Å²) in [6.07, 6.45) is 2.67. The van der Waals surface area contributed by atoms with E-state index in [0.29, 0.717) is 5.56 Å². The first-order chi connectivity index (χ1) is 9.43. The number of ether oxygens (including phenoxy) is 1. The predicted molar refractivity (Wildman–Crippen MR) is 73.0 cm³/mol. The van der Waals surface area contributed by atoms with Gasteiger partial charge in [0.25, 0.3) is 0 Å². The number of hydrogen-bond acceptors (Lipinski definition) is 5. The number of carbonyl (C=O) groups is 2. The molecule has 20 heavy (non-hydrogen) atoms. The van der Waals surface area contributed by atoms with E-state index in [1.165, 1.54) is 37.3 Å². The second-order valence-corrected chi connectivity index (χ2v) is 4.06. The van der Waals surface area contributed by atoms with Crippen molar-refractivity contribution in [3.63, 3.8) is 0 Å². The molecule has 1 aromatic rings. The Kier molecular flexibility index (Phi) is 5.58. The van der Waals surface area contributed by atoms with Gasteiger partial charge < -0.3 is 20.3 Å². The molecule has 3 N–H and O–H groups in total. The molecular weight excluding hydrogens is 262 g/mol. The topological polar surface area (TPSA) is 95.9 Å². The maximum Gasteiger partial charge on any atom is 0.328 e. The minimum Gasteiger partial charge on any atom is -0.504 e. The van der Waals surface area contributed by atoms with Crippen molar-refractivity contribution in [3.8, 4) is 11.5 Å². The van der Waals surface area contributed by atoms with E-state index < -0.39 is 17.9 Å². The van der Waals surface area contributed by atoms with Gasteiger partial charge in [0.05, 0.1) is 6.61 Å². The zero-order valence-corrected chi connectivity index (χ0v) is 11.3. The Balaban J connectivity index is 2.59. The Morgan fingerprint density at radius 1 is 1.35 bits per heavy atom. The van der Waals surface area contributed by atoms with Gasteiger partial charge in [-0.05, 0) is 37.6 Å². The number of esters is 1. The number of carbonyl (C=O) groups excluding carboxylic acids is 2. The first-order valence-corrected chi connectivity index (χ1v) is 6.11. The third-order valence-corrected chi connectivity index (χ3v) is 2.43. The van der Waals surface area contributed by atoms with E-state index in [4.69, 9.17) is 9.84 Å². The van der Waals surface area contributed by atoms with Gasteiger partial charge in [0.15, 0.2) is 11.5 Å². The van der Waals surface area contributed by atoms with Crippen LogP contribution in [-0.4, -0.2) is 34.7 Å². The van der Waals surface area contributed by atoms with Gasteiger partial charge in [-0.1, -0.05) is 6.07 Å². The van der Waals surface area contributed by atoms with Crippen LogP contribution in [0.25, 0.3) is 6.08 Å². The number of amides is 1. The first-order valence-electron chi connectivity index (χ1n) is 6.11. The Morgan fingerprint density at radius 2 is 2.05 bits per heavy atom. The molecule has 1 atom stereocenters. The average molecular weight is 279 g/mol. The van der Waals surface area contributed by atoms with Gasteiger partial charge in [0.2, 0.25) is 5.91 Å². The van der Waals surface area contributed by atoms with Crippen LogP contribution in [0.2, 0.25) is 0 Å². The molecule has 0 heterocycles. The minimum absolute atomic E-state index is 0.234. The van der Waals surface area contributed by atoms with E-state index >= 15 is 0 Å². The highest BCUT2D eigenvalue weighted by molar-refractivity contribution is 5.94. The summed E-state index contributed by atoms with van der Waals surface area (Å²) in [5.41, 5.74) is 0.541. The Morgan fingerprint density at radius 3 is 2.65 bits per heavy atom. The van der Waals surface area contributed by atoms with Gasteiger partial charge in [0, 0.05) is 6.08 Å². The summed E-state index contributed by atoms with van der Waals surface area (Å²) < 4.78 is 4.76. The van der Waals surface area contributed by atoms with Crippen LogP contribution >= 0.6 is 0 Å². The van der Waals surface area contributed by atoms with E-state index in [9.17, 15) is 14.7 Å². The largest absolute Gasteiger partial charge is 0.504 e. The van der Waals surface area contributed by atoms with Crippen molar-refractivity contribution in [1.29, 1.82) is 0 Å². The summed E-state index contributed by atoms with van der Waals surface area (Å²) in [5, 5.41) is 20.9. The smallest absolute Gasteiger partial charge is 0.328 e.